The molecule has 0 spiro atoms. The van der Waals surface area contributed by atoms with E-state index in [0.29, 0.717) is 18.8 Å². The number of hydrogen-bond donors (Lipinski definition) is 2. The second kappa shape index (κ2) is 5.65. The number of thiazole rings is 1. The van der Waals surface area contributed by atoms with Crippen LogP contribution in [0.5, 0.6) is 0 Å². The molecule has 7 heteroatoms. The van der Waals surface area contributed by atoms with Crippen molar-refractivity contribution in [2.24, 2.45) is 0 Å². The number of ether oxygens (including phenoxy) is 1. The van der Waals surface area contributed by atoms with Crippen molar-refractivity contribution in [3.63, 3.8) is 0 Å². The molecule has 0 radical (unpaired) electrons. The van der Waals surface area contributed by atoms with Gasteiger partial charge in [-0.15, -0.1) is 0 Å². The Morgan fingerprint density at radius 3 is 3.00 bits per heavy atom. The fourth-order valence-electron chi connectivity index (χ4n) is 1.40. The van der Waals surface area contributed by atoms with Crippen LogP contribution in [-0.4, -0.2) is 18.1 Å². The molecule has 2 rings (SSSR count). The van der Waals surface area contributed by atoms with Crippen molar-refractivity contribution in [1.29, 1.82) is 0 Å². The molecule has 0 aliphatic heterocycles. The third-order valence-electron chi connectivity index (χ3n) is 2.23. The Kier molecular flexibility index (Phi) is 3.96. The summed E-state index contributed by atoms with van der Waals surface area (Å²) >= 11 is 1.13. The van der Waals surface area contributed by atoms with Crippen LogP contribution in [0.2, 0.25) is 0 Å². The first-order chi connectivity index (χ1) is 8.69. The molecule has 0 atom stereocenters. The first-order valence-corrected chi connectivity index (χ1v) is 6.11. The van der Waals surface area contributed by atoms with Gasteiger partial charge in [0.15, 0.2) is 0 Å². The van der Waals surface area contributed by atoms with Crippen LogP contribution >= 0.6 is 11.3 Å². The highest BCUT2D eigenvalue weighted by Crippen LogP contribution is 2.09. The number of aromatic amines is 1. The van der Waals surface area contributed by atoms with Crippen molar-refractivity contribution in [3.8, 4) is 0 Å². The molecule has 0 bridgehead atoms. The van der Waals surface area contributed by atoms with Crippen LogP contribution in [0.25, 0.3) is 0 Å². The van der Waals surface area contributed by atoms with E-state index in [1.807, 2.05) is 0 Å². The molecular formula is C11H12N2O4S. The Labute approximate surface area is 107 Å². The topological polar surface area (TPSA) is 84.3 Å². The zero-order valence-corrected chi connectivity index (χ0v) is 10.5. The van der Waals surface area contributed by atoms with Crippen molar-refractivity contribution >= 4 is 17.3 Å². The quantitative estimate of drug-likeness (QED) is 0.793. The molecule has 0 unspecified atom stereocenters. The first-order valence-electron chi connectivity index (χ1n) is 5.23. The van der Waals surface area contributed by atoms with Gasteiger partial charge in [-0.2, -0.15) is 0 Å². The van der Waals surface area contributed by atoms with E-state index in [0.717, 1.165) is 17.0 Å². The van der Waals surface area contributed by atoms with Gasteiger partial charge in [-0.25, -0.2) is 4.79 Å². The van der Waals surface area contributed by atoms with E-state index in [4.69, 9.17) is 4.42 Å². The maximum Gasteiger partial charge on any atom is 0.373 e. The van der Waals surface area contributed by atoms with E-state index in [2.05, 4.69) is 15.0 Å². The van der Waals surface area contributed by atoms with Crippen LogP contribution in [0.3, 0.4) is 0 Å². The van der Waals surface area contributed by atoms with Gasteiger partial charge in [0.05, 0.1) is 13.7 Å². The number of furan rings is 1. The lowest BCUT2D eigenvalue weighted by Crippen LogP contribution is -2.13. The summed E-state index contributed by atoms with van der Waals surface area (Å²) in [5.41, 5.74) is 0.824. The van der Waals surface area contributed by atoms with Gasteiger partial charge in [0.25, 0.3) is 0 Å². The fourth-order valence-corrected chi connectivity index (χ4v) is 1.99. The number of hydrogen-bond acceptors (Lipinski definition) is 6. The van der Waals surface area contributed by atoms with Gasteiger partial charge >= 0.3 is 10.8 Å². The largest absolute Gasteiger partial charge is 0.463 e. The molecule has 6 nitrogen and oxygen atoms in total. The predicted molar refractivity (Wildman–Crippen MR) is 65.5 cm³/mol. The van der Waals surface area contributed by atoms with Crippen LogP contribution in [0.15, 0.2) is 26.7 Å². The van der Waals surface area contributed by atoms with Gasteiger partial charge in [0.1, 0.15) is 5.76 Å². The molecule has 0 aliphatic carbocycles. The lowest BCUT2D eigenvalue weighted by Gasteiger charge is -1.99. The summed E-state index contributed by atoms with van der Waals surface area (Å²) in [6.45, 7) is 1.00. The summed E-state index contributed by atoms with van der Waals surface area (Å²) in [5, 5.41) is 4.85. The predicted octanol–water partition coefficient (Wildman–Crippen LogP) is 1.11. The minimum Gasteiger partial charge on any atom is -0.463 e. The molecule has 96 valence electrons. The number of rotatable bonds is 5. The summed E-state index contributed by atoms with van der Waals surface area (Å²) in [5.74, 6) is 0.314. The molecule has 0 saturated carbocycles. The SMILES string of the molecule is COC(=O)c1ccc(CNCc2csc(=O)[nH]2)o1. The van der Waals surface area contributed by atoms with Crippen LogP contribution in [0.4, 0.5) is 0 Å². The van der Waals surface area contributed by atoms with Crippen LogP contribution in [0, 0.1) is 0 Å². The van der Waals surface area contributed by atoms with Crippen molar-refractivity contribution in [2.75, 3.05) is 7.11 Å². The molecule has 0 amide bonds. The highest BCUT2D eigenvalue weighted by atomic mass is 32.1. The van der Waals surface area contributed by atoms with Crippen molar-refractivity contribution in [1.82, 2.24) is 10.3 Å². The molecular weight excluding hydrogens is 256 g/mol. The van der Waals surface area contributed by atoms with Gasteiger partial charge in [-0.3, -0.25) is 4.79 Å². The van der Waals surface area contributed by atoms with Crippen LogP contribution < -0.4 is 10.2 Å². The zero-order valence-electron chi connectivity index (χ0n) is 9.69. The minimum atomic E-state index is -0.497. The average Bonchev–Trinajstić information content (AvgIpc) is 2.98. The lowest BCUT2D eigenvalue weighted by molar-refractivity contribution is 0.0563. The summed E-state index contributed by atoms with van der Waals surface area (Å²) in [6, 6.07) is 3.27. The number of carbonyl (C=O) groups excluding carboxylic acids is 1. The second-order valence-corrected chi connectivity index (χ2v) is 4.38. The maximum absolute atomic E-state index is 11.2. The van der Waals surface area contributed by atoms with Gasteiger partial charge < -0.3 is 19.5 Å². The van der Waals surface area contributed by atoms with Gasteiger partial charge in [-0.1, -0.05) is 11.3 Å². The van der Waals surface area contributed by atoms with Gasteiger partial charge in [0, 0.05) is 17.6 Å². The Hall–Kier alpha value is -1.86. The van der Waals surface area contributed by atoms with Crippen LogP contribution in [0.1, 0.15) is 22.0 Å². The van der Waals surface area contributed by atoms with E-state index in [-0.39, 0.29) is 10.6 Å². The van der Waals surface area contributed by atoms with Gasteiger partial charge in [-0.05, 0) is 12.1 Å². The van der Waals surface area contributed by atoms with Crippen molar-refractivity contribution < 1.29 is 13.9 Å². The monoisotopic (exact) mass is 268 g/mol. The first kappa shape index (κ1) is 12.6. The smallest absolute Gasteiger partial charge is 0.373 e. The van der Waals surface area contributed by atoms with Crippen molar-refractivity contribution in [3.05, 3.63) is 44.4 Å². The van der Waals surface area contributed by atoms with E-state index in [1.165, 1.54) is 7.11 Å². The maximum atomic E-state index is 11.2. The van der Waals surface area contributed by atoms with Crippen LogP contribution in [-0.2, 0) is 17.8 Å². The van der Waals surface area contributed by atoms with E-state index < -0.39 is 5.97 Å². The normalized spacial score (nSPS) is 10.5. The summed E-state index contributed by atoms with van der Waals surface area (Å²) in [6.07, 6.45) is 0. The minimum absolute atomic E-state index is 0.0715. The molecule has 2 aromatic rings. The van der Waals surface area contributed by atoms with E-state index >= 15 is 0 Å². The number of carbonyl (C=O) groups is 1. The third-order valence-corrected chi connectivity index (χ3v) is 2.95. The number of esters is 1. The molecule has 0 saturated heterocycles. The average molecular weight is 268 g/mol. The Bertz CT molecular complexity index is 584. The molecule has 2 N–H and O–H groups in total. The number of methoxy groups -OCH3 is 1. The Balaban J connectivity index is 1.85. The summed E-state index contributed by atoms with van der Waals surface area (Å²) in [4.78, 5) is 24.7. The van der Waals surface area contributed by atoms with E-state index in [9.17, 15) is 9.59 Å². The molecule has 18 heavy (non-hydrogen) atoms. The Morgan fingerprint density at radius 2 is 2.33 bits per heavy atom. The number of nitrogens with one attached hydrogen (secondary N) is 2. The Morgan fingerprint density at radius 1 is 1.50 bits per heavy atom. The molecule has 0 aromatic carbocycles. The summed E-state index contributed by atoms with van der Waals surface area (Å²) in [7, 11) is 1.30. The molecule has 0 aliphatic rings. The summed E-state index contributed by atoms with van der Waals surface area (Å²) < 4.78 is 9.81. The number of H-pyrrole nitrogens is 1. The molecule has 2 aromatic heterocycles. The fraction of sp³-hybridized carbons (Fsp3) is 0.273. The number of aromatic nitrogens is 1. The zero-order chi connectivity index (χ0) is 13.0. The van der Waals surface area contributed by atoms with E-state index in [1.54, 1.807) is 17.5 Å². The highest BCUT2D eigenvalue weighted by molar-refractivity contribution is 7.07. The van der Waals surface area contributed by atoms with Crippen molar-refractivity contribution in [2.45, 2.75) is 13.1 Å². The second-order valence-electron chi connectivity index (χ2n) is 3.53. The molecule has 2 heterocycles. The lowest BCUT2D eigenvalue weighted by atomic mass is 10.4. The van der Waals surface area contributed by atoms with Gasteiger partial charge in [0.2, 0.25) is 5.76 Å². The third kappa shape index (κ3) is 3.08. The highest BCUT2D eigenvalue weighted by Gasteiger charge is 2.10. The standard InChI is InChI=1S/C11H12N2O4S/c1-16-10(14)9-3-2-8(17-9)5-12-4-7-6-18-11(15)13-7/h2-3,6,12H,4-5H2,1H3,(H,13,15). The molecule has 0 fully saturated rings.